The third-order valence-corrected chi connectivity index (χ3v) is 5.28. The minimum atomic E-state index is -0.270. The molecule has 0 saturated heterocycles. The molecule has 4 rings (SSSR count). The fourth-order valence-corrected chi connectivity index (χ4v) is 3.36. The molecule has 1 amide bonds. The first-order valence-corrected chi connectivity index (χ1v) is 10.5. The van der Waals surface area contributed by atoms with Gasteiger partial charge in [-0.05, 0) is 60.9 Å². The Balaban J connectivity index is 1.51. The number of fused-ring (bicyclic) bond motifs is 1. The first-order valence-electron chi connectivity index (χ1n) is 10.1. The Morgan fingerprint density at radius 3 is 2.61 bits per heavy atom. The van der Waals surface area contributed by atoms with Crippen molar-refractivity contribution in [1.29, 1.82) is 0 Å². The summed E-state index contributed by atoms with van der Waals surface area (Å²) in [5.74, 6) is 1.18. The van der Waals surface area contributed by atoms with Gasteiger partial charge in [-0.25, -0.2) is 4.98 Å². The van der Waals surface area contributed by atoms with Crippen LogP contribution in [-0.4, -0.2) is 17.5 Å². The molecule has 1 N–H and O–H groups in total. The Morgan fingerprint density at radius 2 is 1.87 bits per heavy atom. The average Bonchev–Trinajstić information content (AvgIpc) is 3.18. The minimum Gasteiger partial charge on any atom is -0.484 e. The van der Waals surface area contributed by atoms with Gasteiger partial charge in [0.05, 0.1) is 10.6 Å². The van der Waals surface area contributed by atoms with E-state index in [2.05, 4.69) is 24.1 Å². The van der Waals surface area contributed by atoms with Gasteiger partial charge >= 0.3 is 0 Å². The molecule has 0 aliphatic rings. The second kappa shape index (κ2) is 8.82. The summed E-state index contributed by atoms with van der Waals surface area (Å²) in [7, 11) is 0. The Kier molecular flexibility index (Phi) is 5.96. The zero-order valence-corrected chi connectivity index (χ0v) is 18.4. The van der Waals surface area contributed by atoms with Crippen LogP contribution >= 0.6 is 11.6 Å². The second-order valence-corrected chi connectivity index (χ2v) is 8.15. The first kappa shape index (κ1) is 20.9. The van der Waals surface area contributed by atoms with Gasteiger partial charge in [-0.1, -0.05) is 49.2 Å². The maximum atomic E-state index is 12.3. The van der Waals surface area contributed by atoms with E-state index in [0.717, 1.165) is 11.1 Å². The molecule has 0 aliphatic heterocycles. The molecule has 31 heavy (non-hydrogen) atoms. The molecule has 5 nitrogen and oxygen atoms in total. The molecule has 1 heterocycles. The summed E-state index contributed by atoms with van der Waals surface area (Å²) >= 11 is 6.39. The lowest BCUT2D eigenvalue weighted by Gasteiger charge is -2.09. The van der Waals surface area contributed by atoms with E-state index in [1.165, 1.54) is 5.56 Å². The van der Waals surface area contributed by atoms with E-state index in [1.54, 1.807) is 18.2 Å². The molecule has 3 aromatic carbocycles. The number of carbonyl (C=O) groups is 1. The normalized spacial score (nSPS) is 11.1. The summed E-state index contributed by atoms with van der Waals surface area (Å²) in [4.78, 5) is 16.9. The zero-order chi connectivity index (χ0) is 22.0. The number of nitrogens with zero attached hydrogens (tertiary/aromatic N) is 1. The van der Waals surface area contributed by atoms with Gasteiger partial charge in [0.25, 0.3) is 5.91 Å². The number of nitrogens with one attached hydrogen (secondary N) is 1. The maximum absolute atomic E-state index is 12.3. The van der Waals surface area contributed by atoms with Gasteiger partial charge in [-0.15, -0.1) is 0 Å². The van der Waals surface area contributed by atoms with Gasteiger partial charge in [0.2, 0.25) is 5.89 Å². The zero-order valence-electron chi connectivity index (χ0n) is 17.6. The highest BCUT2D eigenvalue weighted by atomic mass is 35.5. The van der Waals surface area contributed by atoms with Crippen molar-refractivity contribution in [3.8, 4) is 17.2 Å². The van der Waals surface area contributed by atoms with Gasteiger partial charge in [-0.2, -0.15) is 0 Å². The van der Waals surface area contributed by atoms with Crippen molar-refractivity contribution in [2.45, 2.75) is 26.7 Å². The van der Waals surface area contributed by atoms with Gasteiger partial charge in [0, 0.05) is 5.69 Å². The van der Waals surface area contributed by atoms with Crippen molar-refractivity contribution >= 4 is 34.3 Å². The van der Waals surface area contributed by atoms with E-state index in [0.29, 0.717) is 39.4 Å². The molecule has 0 atom stereocenters. The number of carbonyl (C=O) groups excluding carboxylic acids is 1. The lowest BCUT2D eigenvalue weighted by atomic mass is 10.0. The van der Waals surface area contributed by atoms with Crippen molar-refractivity contribution in [3.63, 3.8) is 0 Å². The van der Waals surface area contributed by atoms with Crippen LogP contribution in [0, 0.1) is 6.92 Å². The maximum Gasteiger partial charge on any atom is 0.262 e. The Labute approximate surface area is 186 Å². The first-order chi connectivity index (χ1) is 14.9. The molecule has 0 bridgehead atoms. The third kappa shape index (κ3) is 4.89. The van der Waals surface area contributed by atoms with Crippen LogP contribution in [0.15, 0.2) is 65.1 Å². The number of ether oxygens (including phenoxy) is 1. The highest BCUT2D eigenvalue weighted by Gasteiger charge is 2.14. The van der Waals surface area contributed by atoms with Crippen LogP contribution in [0.1, 0.15) is 30.9 Å². The predicted molar refractivity (Wildman–Crippen MR) is 124 cm³/mol. The Hall–Kier alpha value is -3.31. The summed E-state index contributed by atoms with van der Waals surface area (Å²) in [6.07, 6.45) is 0. The summed E-state index contributed by atoms with van der Waals surface area (Å²) in [5.41, 5.74) is 4.98. The Bertz CT molecular complexity index is 1230. The predicted octanol–water partition coefficient (Wildman–Crippen LogP) is 6.60. The molecular weight excluding hydrogens is 412 g/mol. The number of halogens is 1. The van der Waals surface area contributed by atoms with Crippen LogP contribution in [0.4, 0.5) is 5.69 Å². The summed E-state index contributed by atoms with van der Waals surface area (Å²) < 4.78 is 11.4. The number of amides is 1. The summed E-state index contributed by atoms with van der Waals surface area (Å²) in [6.45, 7) is 6.16. The van der Waals surface area contributed by atoms with Crippen molar-refractivity contribution in [2.24, 2.45) is 0 Å². The molecule has 158 valence electrons. The number of oxazole rings is 1. The van der Waals surface area contributed by atoms with E-state index in [9.17, 15) is 4.79 Å². The third-order valence-electron chi connectivity index (χ3n) is 4.95. The molecular formula is C25H23ClN2O3. The molecule has 0 saturated carbocycles. The SMILES string of the molecule is Cc1ccc(OCC(=O)Nc2ccc(Cl)c(-c3nc4cc(C(C)C)ccc4o3)c2)cc1. The van der Waals surface area contributed by atoms with Gasteiger partial charge in [0.15, 0.2) is 12.2 Å². The number of hydrogen-bond acceptors (Lipinski definition) is 4. The van der Waals surface area contributed by atoms with Crippen molar-refractivity contribution in [3.05, 3.63) is 76.8 Å². The molecule has 0 unspecified atom stereocenters. The lowest BCUT2D eigenvalue weighted by molar-refractivity contribution is -0.118. The van der Waals surface area contributed by atoms with Gasteiger partial charge < -0.3 is 14.5 Å². The van der Waals surface area contributed by atoms with Crippen molar-refractivity contribution in [2.75, 3.05) is 11.9 Å². The molecule has 0 spiro atoms. The molecule has 6 heteroatoms. The van der Waals surface area contributed by atoms with Crippen LogP contribution in [0.2, 0.25) is 5.02 Å². The van der Waals surface area contributed by atoms with Crippen LogP contribution in [-0.2, 0) is 4.79 Å². The largest absolute Gasteiger partial charge is 0.484 e. The number of rotatable bonds is 6. The average molecular weight is 435 g/mol. The Morgan fingerprint density at radius 1 is 1.10 bits per heavy atom. The smallest absolute Gasteiger partial charge is 0.262 e. The number of hydrogen-bond donors (Lipinski definition) is 1. The van der Waals surface area contributed by atoms with Gasteiger partial charge in [0.1, 0.15) is 11.3 Å². The molecule has 0 fully saturated rings. The molecule has 4 aromatic rings. The van der Waals surface area contributed by atoms with Crippen LogP contribution < -0.4 is 10.1 Å². The standard InChI is InChI=1S/C25H23ClN2O3/c1-15(2)17-6-11-23-22(12-17)28-25(31-23)20-13-18(7-10-21(20)26)27-24(29)14-30-19-8-4-16(3)5-9-19/h4-13,15H,14H2,1-3H3,(H,27,29). The second-order valence-electron chi connectivity index (χ2n) is 7.75. The van der Waals surface area contributed by atoms with Crippen molar-refractivity contribution in [1.82, 2.24) is 4.98 Å². The number of aromatic nitrogens is 1. The molecule has 1 aromatic heterocycles. The van der Waals surface area contributed by atoms with Gasteiger partial charge in [-0.3, -0.25) is 4.79 Å². The highest BCUT2D eigenvalue weighted by molar-refractivity contribution is 6.33. The monoisotopic (exact) mass is 434 g/mol. The minimum absolute atomic E-state index is 0.0953. The number of aryl methyl sites for hydroxylation is 1. The molecule has 0 radical (unpaired) electrons. The topological polar surface area (TPSA) is 64.4 Å². The fourth-order valence-electron chi connectivity index (χ4n) is 3.17. The van der Waals surface area contributed by atoms with Crippen molar-refractivity contribution < 1.29 is 13.9 Å². The highest BCUT2D eigenvalue weighted by Crippen LogP contribution is 2.33. The van der Waals surface area contributed by atoms with E-state index < -0.39 is 0 Å². The lowest BCUT2D eigenvalue weighted by Crippen LogP contribution is -2.20. The fraction of sp³-hybridized carbons (Fsp3) is 0.200. The number of benzene rings is 3. The number of anilines is 1. The van der Waals surface area contributed by atoms with E-state index in [4.69, 9.17) is 20.8 Å². The summed E-state index contributed by atoms with van der Waals surface area (Å²) in [5, 5.41) is 3.32. The van der Waals surface area contributed by atoms with Crippen LogP contribution in [0.3, 0.4) is 0 Å². The van der Waals surface area contributed by atoms with E-state index >= 15 is 0 Å². The van der Waals surface area contributed by atoms with Crippen LogP contribution in [0.5, 0.6) is 5.75 Å². The van der Waals surface area contributed by atoms with E-state index in [-0.39, 0.29) is 12.5 Å². The quantitative estimate of drug-likeness (QED) is 0.371. The van der Waals surface area contributed by atoms with Crippen LogP contribution in [0.25, 0.3) is 22.6 Å². The van der Waals surface area contributed by atoms with E-state index in [1.807, 2.05) is 49.4 Å². The summed E-state index contributed by atoms with van der Waals surface area (Å²) in [6, 6.07) is 18.7. The molecule has 0 aliphatic carbocycles.